The molecule has 0 bridgehead atoms. The van der Waals surface area contributed by atoms with Crippen molar-refractivity contribution < 1.29 is 36.2 Å². The molecule has 112 valence electrons. The maximum absolute atomic E-state index is 12.0. The second-order valence-electron chi connectivity index (χ2n) is 3.64. The van der Waals surface area contributed by atoms with Crippen LogP contribution in [0.25, 0.3) is 0 Å². The smallest absolute Gasteiger partial charge is 0.481 e. The van der Waals surface area contributed by atoms with Gasteiger partial charge in [0.1, 0.15) is 5.75 Å². The first kappa shape index (κ1) is 16.1. The van der Waals surface area contributed by atoms with E-state index in [0.29, 0.717) is 0 Å². The Morgan fingerprint density at radius 2 is 2.00 bits per heavy atom. The van der Waals surface area contributed by atoms with Crippen molar-refractivity contribution in [2.75, 3.05) is 10.5 Å². The highest BCUT2D eigenvalue weighted by atomic mass is 32.2. The second-order valence-corrected chi connectivity index (χ2v) is 5.48. The summed E-state index contributed by atoms with van der Waals surface area (Å²) in [6.45, 7) is 0. The van der Waals surface area contributed by atoms with Crippen LogP contribution in [0.4, 0.5) is 18.9 Å². The van der Waals surface area contributed by atoms with Crippen LogP contribution in [0.15, 0.2) is 24.3 Å². The summed E-state index contributed by atoms with van der Waals surface area (Å²) in [5.74, 6) is -2.58. The number of anilines is 1. The number of alkyl halides is 3. The number of hydrogen-bond donors (Lipinski definition) is 2. The van der Waals surface area contributed by atoms with Crippen molar-refractivity contribution in [2.24, 2.45) is 0 Å². The average molecular weight is 313 g/mol. The Bertz CT molecular complexity index is 585. The van der Waals surface area contributed by atoms with Gasteiger partial charge in [-0.1, -0.05) is 6.07 Å². The number of carboxylic acids is 1. The number of hydrogen-bond acceptors (Lipinski definition) is 4. The lowest BCUT2D eigenvalue weighted by Crippen LogP contribution is -2.19. The van der Waals surface area contributed by atoms with Gasteiger partial charge in [0.2, 0.25) is 10.0 Å². The zero-order chi connectivity index (χ0) is 15.4. The Balaban J connectivity index is 2.78. The van der Waals surface area contributed by atoms with Crippen LogP contribution in [-0.2, 0) is 14.8 Å². The summed E-state index contributed by atoms with van der Waals surface area (Å²) in [7, 11) is -3.96. The minimum absolute atomic E-state index is 0.155. The van der Waals surface area contributed by atoms with Gasteiger partial charge in [0, 0.05) is 6.07 Å². The lowest BCUT2D eigenvalue weighted by molar-refractivity contribution is -0.274. The summed E-state index contributed by atoms with van der Waals surface area (Å²) in [5, 5.41) is 8.38. The largest absolute Gasteiger partial charge is 0.573 e. The summed E-state index contributed by atoms with van der Waals surface area (Å²) in [6, 6.07) is 4.21. The maximum atomic E-state index is 12.0. The topological polar surface area (TPSA) is 92.7 Å². The highest BCUT2D eigenvalue weighted by Crippen LogP contribution is 2.25. The van der Waals surface area contributed by atoms with Crippen LogP contribution in [-0.4, -0.2) is 31.6 Å². The van der Waals surface area contributed by atoms with Crippen LogP contribution in [0.3, 0.4) is 0 Å². The molecule has 6 nitrogen and oxygen atoms in total. The summed E-state index contributed by atoms with van der Waals surface area (Å²) >= 11 is 0. The molecule has 10 heteroatoms. The maximum Gasteiger partial charge on any atom is 0.573 e. The Labute approximate surface area is 112 Å². The highest BCUT2D eigenvalue weighted by molar-refractivity contribution is 7.92. The van der Waals surface area contributed by atoms with Gasteiger partial charge < -0.3 is 9.84 Å². The molecule has 0 radical (unpaired) electrons. The summed E-state index contributed by atoms with van der Waals surface area (Å²) in [6.07, 6.45) is -5.51. The molecular formula is C10H10F3NO5S. The van der Waals surface area contributed by atoms with Crippen molar-refractivity contribution in [2.45, 2.75) is 12.8 Å². The van der Waals surface area contributed by atoms with Crippen LogP contribution < -0.4 is 9.46 Å². The number of benzene rings is 1. The van der Waals surface area contributed by atoms with E-state index in [1.165, 1.54) is 6.07 Å². The Hall–Kier alpha value is -1.97. The SMILES string of the molecule is O=C(O)CCS(=O)(=O)Nc1cccc(OC(F)(F)F)c1. The van der Waals surface area contributed by atoms with Gasteiger partial charge in [-0.25, -0.2) is 8.42 Å². The van der Waals surface area contributed by atoms with E-state index < -0.39 is 40.3 Å². The number of carbonyl (C=O) groups is 1. The Morgan fingerprint density at radius 3 is 2.55 bits per heavy atom. The van der Waals surface area contributed by atoms with Crippen molar-refractivity contribution >= 4 is 21.7 Å². The molecule has 0 aliphatic rings. The molecule has 0 unspecified atom stereocenters. The van der Waals surface area contributed by atoms with Crippen LogP contribution >= 0.6 is 0 Å². The third-order valence-corrected chi connectivity index (χ3v) is 3.21. The average Bonchev–Trinajstić information content (AvgIpc) is 2.24. The molecule has 0 atom stereocenters. The summed E-state index contributed by atoms with van der Waals surface area (Å²) in [5.41, 5.74) is -0.155. The normalized spacial score (nSPS) is 11.9. The van der Waals surface area contributed by atoms with Crippen molar-refractivity contribution in [1.29, 1.82) is 0 Å². The number of halogens is 3. The predicted molar refractivity (Wildman–Crippen MR) is 62.8 cm³/mol. The van der Waals surface area contributed by atoms with Crippen molar-refractivity contribution in [3.05, 3.63) is 24.3 Å². The molecule has 0 spiro atoms. The standard InChI is InChI=1S/C10H10F3NO5S/c11-10(12,13)19-8-3-1-2-7(6-8)14-20(17,18)5-4-9(15)16/h1-3,6,14H,4-5H2,(H,15,16). The van der Waals surface area contributed by atoms with Gasteiger partial charge >= 0.3 is 12.3 Å². The molecule has 0 saturated heterocycles. The first-order valence-corrected chi connectivity index (χ1v) is 6.81. The van der Waals surface area contributed by atoms with Crippen molar-refractivity contribution in [1.82, 2.24) is 0 Å². The molecule has 0 aliphatic carbocycles. The van der Waals surface area contributed by atoms with Gasteiger partial charge in [0.05, 0.1) is 17.9 Å². The van der Waals surface area contributed by atoms with Crippen molar-refractivity contribution in [3.63, 3.8) is 0 Å². The third-order valence-electron chi connectivity index (χ3n) is 1.93. The Kier molecular flexibility index (Phi) is 4.82. The lowest BCUT2D eigenvalue weighted by atomic mass is 10.3. The van der Waals surface area contributed by atoms with Gasteiger partial charge in [0.15, 0.2) is 0 Å². The van der Waals surface area contributed by atoms with Gasteiger partial charge in [-0.3, -0.25) is 9.52 Å². The van der Waals surface area contributed by atoms with Gasteiger partial charge in [-0.05, 0) is 12.1 Å². The number of ether oxygens (including phenoxy) is 1. The molecule has 0 heterocycles. The molecule has 20 heavy (non-hydrogen) atoms. The molecule has 2 N–H and O–H groups in total. The molecular weight excluding hydrogens is 303 g/mol. The zero-order valence-corrected chi connectivity index (χ0v) is 10.7. The van der Waals surface area contributed by atoms with E-state index in [2.05, 4.69) is 4.74 Å². The van der Waals surface area contributed by atoms with E-state index in [1.54, 1.807) is 0 Å². The molecule has 1 rings (SSSR count). The summed E-state index contributed by atoms with van der Waals surface area (Å²) in [4.78, 5) is 10.3. The van der Waals surface area contributed by atoms with E-state index in [0.717, 1.165) is 18.2 Å². The molecule has 1 aromatic carbocycles. The molecule has 0 aliphatic heterocycles. The predicted octanol–water partition coefficient (Wildman–Crippen LogP) is 1.80. The zero-order valence-electron chi connectivity index (χ0n) is 9.85. The molecule has 0 aromatic heterocycles. The van der Waals surface area contributed by atoms with E-state index in [1.807, 2.05) is 4.72 Å². The van der Waals surface area contributed by atoms with E-state index in [4.69, 9.17) is 5.11 Å². The van der Waals surface area contributed by atoms with Crippen molar-refractivity contribution in [3.8, 4) is 5.75 Å². The number of aliphatic carboxylic acids is 1. The van der Waals surface area contributed by atoms with E-state index >= 15 is 0 Å². The monoisotopic (exact) mass is 313 g/mol. The molecule has 0 amide bonds. The van der Waals surface area contributed by atoms with Gasteiger partial charge in [0.25, 0.3) is 0 Å². The quantitative estimate of drug-likeness (QED) is 0.835. The van der Waals surface area contributed by atoms with Crippen LogP contribution in [0.5, 0.6) is 5.75 Å². The minimum Gasteiger partial charge on any atom is -0.481 e. The van der Waals surface area contributed by atoms with E-state index in [9.17, 15) is 26.4 Å². The fourth-order valence-electron chi connectivity index (χ4n) is 1.21. The highest BCUT2D eigenvalue weighted by Gasteiger charge is 2.31. The van der Waals surface area contributed by atoms with Gasteiger partial charge in [-0.2, -0.15) is 0 Å². The number of nitrogens with one attached hydrogen (secondary N) is 1. The van der Waals surface area contributed by atoms with Crippen LogP contribution in [0, 0.1) is 0 Å². The molecule has 0 fully saturated rings. The molecule has 0 saturated carbocycles. The fourth-order valence-corrected chi connectivity index (χ4v) is 2.24. The van der Waals surface area contributed by atoms with E-state index in [-0.39, 0.29) is 5.69 Å². The minimum atomic E-state index is -4.89. The molecule has 1 aromatic rings. The fraction of sp³-hybridized carbons (Fsp3) is 0.300. The number of carboxylic acid groups (broad SMARTS) is 1. The second kappa shape index (κ2) is 5.99. The first-order chi connectivity index (χ1) is 9.07. The number of sulfonamides is 1. The summed E-state index contributed by atoms with van der Waals surface area (Å²) < 4.78 is 64.5. The first-order valence-electron chi connectivity index (χ1n) is 5.15. The lowest BCUT2D eigenvalue weighted by Gasteiger charge is -2.11. The van der Waals surface area contributed by atoms with Gasteiger partial charge in [-0.15, -0.1) is 13.2 Å². The number of rotatable bonds is 6. The third kappa shape index (κ3) is 6.27. The van der Waals surface area contributed by atoms with Crippen LogP contribution in [0.2, 0.25) is 0 Å². The van der Waals surface area contributed by atoms with Crippen LogP contribution in [0.1, 0.15) is 6.42 Å². The Morgan fingerprint density at radius 1 is 1.35 bits per heavy atom.